The van der Waals surface area contributed by atoms with Gasteiger partial charge in [-0.2, -0.15) is 0 Å². The Bertz CT molecular complexity index is 763. The molecule has 0 aliphatic carbocycles. The van der Waals surface area contributed by atoms with Gasteiger partial charge in [0.25, 0.3) is 5.91 Å². The number of carbonyl (C=O) groups is 1. The van der Waals surface area contributed by atoms with Crippen molar-refractivity contribution in [2.75, 3.05) is 19.6 Å². The minimum atomic E-state index is -0.185. The third-order valence-electron chi connectivity index (χ3n) is 4.35. The minimum absolute atomic E-state index is 0. The summed E-state index contributed by atoms with van der Waals surface area (Å²) < 4.78 is 10.6. The van der Waals surface area contributed by atoms with Gasteiger partial charge in [-0.05, 0) is 32.8 Å². The van der Waals surface area contributed by atoms with E-state index in [9.17, 15) is 4.79 Å². The normalized spacial score (nSPS) is 11.1. The first kappa shape index (κ1) is 25.0. The summed E-state index contributed by atoms with van der Waals surface area (Å²) in [6, 6.07) is 1.78. The van der Waals surface area contributed by atoms with E-state index in [1.54, 1.807) is 6.07 Å². The largest absolute Gasteiger partial charge is 0.459 e. The number of amides is 1. The maximum atomic E-state index is 12.0. The summed E-state index contributed by atoms with van der Waals surface area (Å²) in [4.78, 5) is 16.7. The standard InChI is InChI=1S/C20H31N5O3.HI/c1-5-16-15(17(6-2)28-25-16)13-24-20(21-7-3)23-11-8-10-22-19(26)18-14(4)9-12-27-18;/h9,12H,5-8,10-11,13H2,1-4H3,(H,22,26)(H2,21,23,24);1H. The van der Waals surface area contributed by atoms with Gasteiger partial charge in [0.1, 0.15) is 5.76 Å². The van der Waals surface area contributed by atoms with Crippen LogP contribution in [0.15, 0.2) is 26.3 Å². The molecule has 3 N–H and O–H groups in total. The Balaban J connectivity index is 0.00000420. The quantitative estimate of drug-likeness (QED) is 0.194. The SMILES string of the molecule is CCNC(=NCc1c(CC)noc1CC)NCCCNC(=O)c1occc1C.I. The molecule has 0 unspecified atom stereocenters. The van der Waals surface area contributed by atoms with Crippen LogP contribution in [0, 0.1) is 6.92 Å². The highest BCUT2D eigenvalue weighted by atomic mass is 127. The van der Waals surface area contributed by atoms with Gasteiger partial charge in [0, 0.05) is 37.2 Å². The molecule has 9 heteroatoms. The lowest BCUT2D eigenvalue weighted by Gasteiger charge is -2.11. The molecule has 0 saturated heterocycles. The first-order chi connectivity index (χ1) is 13.6. The Morgan fingerprint density at radius 2 is 1.90 bits per heavy atom. The molecule has 0 radical (unpaired) electrons. The molecule has 162 valence electrons. The lowest BCUT2D eigenvalue weighted by Crippen LogP contribution is -2.38. The fraction of sp³-hybridized carbons (Fsp3) is 0.550. The van der Waals surface area contributed by atoms with E-state index in [0.29, 0.717) is 25.4 Å². The highest BCUT2D eigenvalue weighted by Crippen LogP contribution is 2.16. The highest BCUT2D eigenvalue weighted by molar-refractivity contribution is 14.0. The molecule has 2 rings (SSSR count). The fourth-order valence-electron chi connectivity index (χ4n) is 2.80. The summed E-state index contributed by atoms with van der Waals surface area (Å²) in [5.41, 5.74) is 2.87. The molecule has 0 bridgehead atoms. The van der Waals surface area contributed by atoms with Gasteiger partial charge >= 0.3 is 0 Å². The predicted octanol–water partition coefficient (Wildman–Crippen LogP) is 3.19. The van der Waals surface area contributed by atoms with Crippen molar-refractivity contribution in [2.45, 2.75) is 53.5 Å². The monoisotopic (exact) mass is 517 g/mol. The Morgan fingerprint density at radius 3 is 2.52 bits per heavy atom. The third-order valence-corrected chi connectivity index (χ3v) is 4.35. The van der Waals surface area contributed by atoms with Crippen molar-refractivity contribution in [1.82, 2.24) is 21.1 Å². The van der Waals surface area contributed by atoms with Crippen LogP contribution in [-0.4, -0.2) is 36.7 Å². The van der Waals surface area contributed by atoms with E-state index in [0.717, 1.165) is 54.3 Å². The molecule has 0 aliphatic heterocycles. The van der Waals surface area contributed by atoms with Gasteiger partial charge in [-0.25, -0.2) is 4.99 Å². The topological polar surface area (TPSA) is 105 Å². The number of aryl methyl sites for hydroxylation is 3. The summed E-state index contributed by atoms with van der Waals surface area (Å²) in [6.07, 6.45) is 3.92. The van der Waals surface area contributed by atoms with Crippen molar-refractivity contribution in [3.63, 3.8) is 0 Å². The minimum Gasteiger partial charge on any atom is -0.459 e. The molecule has 2 aromatic heterocycles. The van der Waals surface area contributed by atoms with E-state index >= 15 is 0 Å². The van der Waals surface area contributed by atoms with E-state index in [1.807, 2.05) is 13.8 Å². The van der Waals surface area contributed by atoms with Crippen LogP contribution in [0.2, 0.25) is 0 Å². The zero-order chi connectivity index (χ0) is 20.4. The summed E-state index contributed by atoms with van der Waals surface area (Å²) in [7, 11) is 0. The zero-order valence-corrected chi connectivity index (χ0v) is 20.0. The highest BCUT2D eigenvalue weighted by Gasteiger charge is 2.13. The second-order valence-corrected chi connectivity index (χ2v) is 6.40. The molecule has 8 nitrogen and oxygen atoms in total. The van der Waals surface area contributed by atoms with Crippen LogP contribution in [0.25, 0.3) is 0 Å². The Morgan fingerprint density at radius 1 is 1.14 bits per heavy atom. The number of hydrogen-bond acceptors (Lipinski definition) is 5. The number of halogens is 1. The lowest BCUT2D eigenvalue weighted by atomic mass is 10.1. The number of aliphatic imine (C=N–C) groups is 1. The van der Waals surface area contributed by atoms with Crippen LogP contribution >= 0.6 is 24.0 Å². The predicted molar refractivity (Wildman–Crippen MR) is 124 cm³/mol. The van der Waals surface area contributed by atoms with Crippen molar-refractivity contribution in [1.29, 1.82) is 0 Å². The fourth-order valence-corrected chi connectivity index (χ4v) is 2.80. The van der Waals surface area contributed by atoms with Gasteiger partial charge in [0.2, 0.25) is 0 Å². The average molecular weight is 517 g/mol. The number of hydrogen-bond donors (Lipinski definition) is 3. The second kappa shape index (κ2) is 13.2. The van der Waals surface area contributed by atoms with Crippen molar-refractivity contribution in [3.05, 3.63) is 40.7 Å². The van der Waals surface area contributed by atoms with Crippen LogP contribution in [-0.2, 0) is 19.4 Å². The number of nitrogens with zero attached hydrogens (tertiary/aromatic N) is 2. The molecule has 0 saturated carbocycles. The van der Waals surface area contributed by atoms with Crippen molar-refractivity contribution >= 4 is 35.8 Å². The van der Waals surface area contributed by atoms with E-state index in [4.69, 9.17) is 8.94 Å². The number of nitrogens with one attached hydrogen (secondary N) is 3. The van der Waals surface area contributed by atoms with E-state index in [1.165, 1.54) is 6.26 Å². The van der Waals surface area contributed by atoms with Crippen molar-refractivity contribution in [2.24, 2.45) is 4.99 Å². The van der Waals surface area contributed by atoms with Crippen molar-refractivity contribution in [3.8, 4) is 0 Å². The number of furan rings is 1. The van der Waals surface area contributed by atoms with Gasteiger partial charge in [-0.1, -0.05) is 19.0 Å². The summed E-state index contributed by atoms with van der Waals surface area (Å²) in [5, 5.41) is 13.5. The smallest absolute Gasteiger partial charge is 0.287 e. The molecule has 29 heavy (non-hydrogen) atoms. The molecule has 0 spiro atoms. The van der Waals surface area contributed by atoms with E-state index in [-0.39, 0.29) is 29.9 Å². The Labute approximate surface area is 189 Å². The van der Waals surface area contributed by atoms with Gasteiger partial charge in [0.05, 0.1) is 18.5 Å². The molecule has 0 fully saturated rings. The van der Waals surface area contributed by atoms with Crippen molar-refractivity contribution < 1.29 is 13.7 Å². The number of aromatic nitrogens is 1. The molecule has 2 heterocycles. The van der Waals surface area contributed by atoms with Gasteiger partial charge in [-0.3, -0.25) is 4.79 Å². The Hall–Kier alpha value is -2.04. The van der Waals surface area contributed by atoms with E-state index in [2.05, 4.69) is 39.9 Å². The number of rotatable bonds is 10. The molecule has 0 aromatic carbocycles. The van der Waals surface area contributed by atoms with Crippen LogP contribution in [0.3, 0.4) is 0 Å². The van der Waals surface area contributed by atoms with Crippen LogP contribution < -0.4 is 16.0 Å². The second-order valence-electron chi connectivity index (χ2n) is 6.40. The molecular formula is C20H32IN5O3. The lowest BCUT2D eigenvalue weighted by molar-refractivity contribution is 0.0925. The summed E-state index contributed by atoms with van der Waals surface area (Å²) >= 11 is 0. The summed E-state index contributed by atoms with van der Waals surface area (Å²) in [6.45, 7) is 10.5. The average Bonchev–Trinajstić information content (AvgIpc) is 3.30. The molecule has 0 aliphatic rings. The molecular weight excluding hydrogens is 485 g/mol. The van der Waals surface area contributed by atoms with Gasteiger partial charge < -0.3 is 24.9 Å². The van der Waals surface area contributed by atoms with Gasteiger partial charge in [-0.15, -0.1) is 24.0 Å². The maximum absolute atomic E-state index is 12.0. The zero-order valence-electron chi connectivity index (χ0n) is 17.6. The van der Waals surface area contributed by atoms with Crippen LogP contribution in [0.5, 0.6) is 0 Å². The molecule has 0 atom stereocenters. The molecule has 1 amide bonds. The van der Waals surface area contributed by atoms with Gasteiger partial charge in [0.15, 0.2) is 11.7 Å². The number of guanidine groups is 1. The van der Waals surface area contributed by atoms with Crippen LogP contribution in [0.1, 0.15) is 60.3 Å². The number of carbonyl (C=O) groups excluding carboxylic acids is 1. The molecule has 2 aromatic rings. The van der Waals surface area contributed by atoms with E-state index < -0.39 is 0 Å². The first-order valence-electron chi connectivity index (χ1n) is 9.91. The van der Waals surface area contributed by atoms with Crippen LogP contribution in [0.4, 0.5) is 0 Å². The first-order valence-corrected chi connectivity index (χ1v) is 9.91. The Kier molecular flexibility index (Phi) is 11.4. The third kappa shape index (κ3) is 7.37. The summed E-state index contributed by atoms with van der Waals surface area (Å²) in [5.74, 6) is 1.82. The maximum Gasteiger partial charge on any atom is 0.287 e.